The number of hydrogen-bond acceptors (Lipinski definition) is 5. The Morgan fingerprint density at radius 1 is 1.11 bits per heavy atom. The van der Waals surface area contributed by atoms with Crippen molar-refractivity contribution < 1.29 is 17.9 Å². The Bertz CT molecular complexity index is 960. The molecule has 2 aromatic rings. The largest absolute Gasteiger partial charge is 0.481 e. The van der Waals surface area contributed by atoms with Crippen LogP contribution in [0.4, 0.5) is 0 Å². The highest BCUT2D eigenvalue weighted by Crippen LogP contribution is 2.28. The zero-order chi connectivity index (χ0) is 20.5. The van der Waals surface area contributed by atoms with E-state index >= 15 is 0 Å². The SMILES string of the molecule is Cc1cccc(OC(C)C(=O)N2CCN(S(=O)(=O)c3cc(C)sc3C)CC2)c1. The van der Waals surface area contributed by atoms with Gasteiger partial charge in [0.05, 0.1) is 4.90 Å². The molecular formula is C20H26N2O4S2. The fourth-order valence-electron chi connectivity index (χ4n) is 3.35. The normalized spacial score (nSPS) is 16.8. The number of carbonyl (C=O) groups is 1. The maximum absolute atomic E-state index is 12.9. The van der Waals surface area contributed by atoms with Gasteiger partial charge in [-0.05, 0) is 51.5 Å². The van der Waals surface area contributed by atoms with Gasteiger partial charge in [0.2, 0.25) is 10.0 Å². The van der Waals surface area contributed by atoms with E-state index in [1.807, 2.05) is 45.0 Å². The molecule has 0 spiro atoms. The highest BCUT2D eigenvalue weighted by atomic mass is 32.2. The number of ether oxygens (including phenoxy) is 1. The van der Waals surface area contributed by atoms with Crippen molar-refractivity contribution in [2.75, 3.05) is 26.2 Å². The molecule has 1 atom stereocenters. The molecule has 0 saturated carbocycles. The van der Waals surface area contributed by atoms with Crippen molar-refractivity contribution in [2.24, 2.45) is 0 Å². The van der Waals surface area contributed by atoms with Crippen molar-refractivity contribution in [1.82, 2.24) is 9.21 Å². The molecule has 0 aliphatic carbocycles. The molecule has 1 aromatic heterocycles. The van der Waals surface area contributed by atoms with Gasteiger partial charge < -0.3 is 9.64 Å². The highest BCUT2D eigenvalue weighted by Gasteiger charge is 2.33. The summed E-state index contributed by atoms with van der Waals surface area (Å²) in [5.74, 6) is 0.534. The Balaban J connectivity index is 1.61. The van der Waals surface area contributed by atoms with Gasteiger partial charge in [-0.15, -0.1) is 11.3 Å². The van der Waals surface area contributed by atoms with Crippen LogP contribution in [0.25, 0.3) is 0 Å². The first-order valence-electron chi connectivity index (χ1n) is 9.28. The monoisotopic (exact) mass is 422 g/mol. The summed E-state index contributed by atoms with van der Waals surface area (Å²) in [7, 11) is -3.52. The number of nitrogens with zero attached hydrogens (tertiary/aromatic N) is 2. The molecule has 1 aromatic carbocycles. The van der Waals surface area contributed by atoms with Gasteiger partial charge in [-0.25, -0.2) is 8.42 Å². The van der Waals surface area contributed by atoms with E-state index in [1.54, 1.807) is 17.9 Å². The van der Waals surface area contributed by atoms with Gasteiger partial charge in [-0.1, -0.05) is 12.1 Å². The van der Waals surface area contributed by atoms with Crippen LogP contribution in [0.15, 0.2) is 35.2 Å². The van der Waals surface area contributed by atoms with Gasteiger partial charge in [0.1, 0.15) is 5.75 Å². The van der Waals surface area contributed by atoms with Crippen LogP contribution in [-0.4, -0.2) is 55.8 Å². The molecule has 8 heteroatoms. The second kappa shape index (κ2) is 8.23. The summed E-state index contributed by atoms with van der Waals surface area (Å²) < 4.78 is 33.1. The average molecular weight is 423 g/mol. The van der Waals surface area contributed by atoms with Crippen LogP contribution in [0.3, 0.4) is 0 Å². The first kappa shape index (κ1) is 20.8. The molecule has 3 rings (SSSR count). The Labute approximate surface area is 170 Å². The van der Waals surface area contributed by atoms with Gasteiger partial charge in [-0.3, -0.25) is 4.79 Å². The molecule has 0 radical (unpaired) electrons. The molecule has 0 N–H and O–H groups in total. The number of thiophene rings is 1. The highest BCUT2D eigenvalue weighted by molar-refractivity contribution is 7.89. The minimum Gasteiger partial charge on any atom is -0.481 e. The van der Waals surface area contributed by atoms with Crippen LogP contribution in [0.2, 0.25) is 0 Å². The quantitative estimate of drug-likeness (QED) is 0.743. The summed E-state index contributed by atoms with van der Waals surface area (Å²) >= 11 is 1.48. The standard InChI is InChI=1S/C20H26N2O4S2/c1-14-6-5-7-18(12-14)26-16(3)20(23)21-8-10-22(11-9-21)28(24,25)19-13-15(2)27-17(19)4/h5-7,12-13,16H,8-11H2,1-4H3. The van der Waals surface area contributed by atoms with E-state index in [9.17, 15) is 13.2 Å². The fourth-order valence-corrected chi connectivity index (χ4v) is 6.30. The molecule has 1 saturated heterocycles. The predicted octanol–water partition coefficient (Wildman–Crippen LogP) is 2.97. The number of carbonyl (C=O) groups excluding carboxylic acids is 1. The van der Waals surface area contributed by atoms with E-state index in [0.717, 1.165) is 15.3 Å². The van der Waals surface area contributed by atoms with Crippen LogP contribution in [-0.2, 0) is 14.8 Å². The number of piperazine rings is 1. The van der Waals surface area contributed by atoms with Crippen molar-refractivity contribution >= 4 is 27.3 Å². The van der Waals surface area contributed by atoms with E-state index in [-0.39, 0.29) is 5.91 Å². The van der Waals surface area contributed by atoms with Crippen molar-refractivity contribution in [2.45, 2.75) is 38.7 Å². The fraction of sp³-hybridized carbons (Fsp3) is 0.450. The number of sulfonamides is 1. The third-order valence-corrected chi connectivity index (χ3v) is 7.93. The lowest BCUT2D eigenvalue weighted by Crippen LogP contribution is -2.53. The third-order valence-electron chi connectivity index (χ3n) is 4.81. The zero-order valence-electron chi connectivity index (χ0n) is 16.6. The van der Waals surface area contributed by atoms with Crippen LogP contribution in [0, 0.1) is 20.8 Å². The first-order chi connectivity index (χ1) is 13.2. The second-order valence-electron chi connectivity index (χ2n) is 7.08. The molecule has 1 fully saturated rings. The maximum atomic E-state index is 12.9. The topological polar surface area (TPSA) is 66.9 Å². The van der Waals surface area contributed by atoms with Crippen LogP contribution < -0.4 is 4.74 Å². The minimum atomic E-state index is -3.52. The smallest absolute Gasteiger partial charge is 0.263 e. The Morgan fingerprint density at radius 3 is 2.36 bits per heavy atom. The first-order valence-corrected chi connectivity index (χ1v) is 11.5. The van der Waals surface area contributed by atoms with Gasteiger partial charge in [-0.2, -0.15) is 4.31 Å². The summed E-state index contributed by atoms with van der Waals surface area (Å²) in [4.78, 5) is 16.5. The second-order valence-corrected chi connectivity index (χ2v) is 10.5. The van der Waals surface area contributed by atoms with Crippen molar-refractivity contribution in [3.8, 4) is 5.75 Å². The van der Waals surface area contributed by atoms with Crippen molar-refractivity contribution in [3.05, 3.63) is 45.6 Å². The Hall–Kier alpha value is -1.90. The molecule has 1 amide bonds. The van der Waals surface area contributed by atoms with E-state index in [1.165, 1.54) is 15.6 Å². The van der Waals surface area contributed by atoms with Gasteiger partial charge in [0.25, 0.3) is 5.91 Å². The summed E-state index contributed by atoms with van der Waals surface area (Å²) in [6, 6.07) is 9.30. The summed E-state index contributed by atoms with van der Waals surface area (Å²) in [5.41, 5.74) is 1.06. The minimum absolute atomic E-state index is 0.124. The van der Waals surface area contributed by atoms with Gasteiger partial charge >= 0.3 is 0 Å². The maximum Gasteiger partial charge on any atom is 0.263 e. The molecule has 1 aliphatic rings. The molecule has 6 nitrogen and oxygen atoms in total. The lowest BCUT2D eigenvalue weighted by Gasteiger charge is -2.35. The van der Waals surface area contributed by atoms with E-state index in [0.29, 0.717) is 36.8 Å². The molecule has 1 aliphatic heterocycles. The molecule has 0 bridgehead atoms. The van der Waals surface area contributed by atoms with Crippen molar-refractivity contribution in [3.63, 3.8) is 0 Å². The molecule has 1 unspecified atom stereocenters. The van der Waals surface area contributed by atoms with Crippen molar-refractivity contribution in [1.29, 1.82) is 0 Å². The predicted molar refractivity (Wildman–Crippen MR) is 110 cm³/mol. The summed E-state index contributed by atoms with van der Waals surface area (Å²) in [6.07, 6.45) is -0.619. The van der Waals surface area contributed by atoms with Crippen LogP contribution in [0.5, 0.6) is 5.75 Å². The molecule has 152 valence electrons. The lowest BCUT2D eigenvalue weighted by atomic mass is 10.2. The Morgan fingerprint density at radius 2 is 1.79 bits per heavy atom. The third kappa shape index (κ3) is 4.39. The number of rotatable bonds is 5. The number of aryl methyl sites for hydroxylation is 3. The van der Waals surface area contributed by atoms with E-state index in [4.69, 9.17) is 4.74 Å². The van der Waals surface area contributed by atoms with Crippen LogP contribution in [0.1, 0.15) is 22.2 Å². The molecular weight excluding hydrogens is 396 g/mol. The van der Waals surface area contributed by atoms with Gasteiger partial charge in [0.15, 0.2) is 6.10 Å². The Kier molecular flexibility index (Phi) is 6.12. The van der Waals surface area contributed by atoms with Crippen LogP contribution >= 0.6 is 11.3 Å². The number of hydrogen-bond donors (Lipinski definition) is 0. The van der Waals surface area contributed by atoms with Gasteiger partial charge in [0, 0.05) is 35.9 Å². The lowest BCUT2D eigenvalue weighted by molar-refractivity contribution is -0.139. The molecule has 2 heterocycles. The number of benzene rings is 1. The van der Waals surface area contributed by atoms with E-state index in [2.05, 4.69) is 0 Å². The molecule has 28 heavy (non-hydrogen) atoms. The summed E-state index contributed by atoms with van der Waals surface area (Å²) in [5, 5.41) is 0. The average Bonchev–Trinajstić information content (AvgIpc) is 3.00. The number of amides is 1. The summed E-state index contributed by atoms with van der Waals surface area (Å²) in [6.45, 7) is 8.74. The van der Waals surface area contributed by atoms with E-state index < -0.39 is 16.1 Å². The zero-order valence-corrected chi connectivity index (χ0v) is 18.3.